The molecule has 0 unspecified atom stereocenters. The molecule has 0 amide bonds. The van der Waals surface area contributed by atoms with Crippen molar-refractivity contribution in [1.82, 2.24) is 4.98 Å². The van der Waals surface area contributed by atoms with Gasteiger partial charge in [-0.2, -0.15) is 13.2 Å². The Kier molecular flexibility index (Phi) is 3.11. The molecule has 0 aliphatic rings. The molecule has 0 saturated heterocycles. The van der Waals surface area contributed by atoms with Crippen molar-refractivity contribution in [2.24, 2.45) is 0 Å². The van der Waals surface area contributed by atoms with Crippen LogP contribution in [0.4, 0.5) is 13.2 Å². The molecule has 1 aromatic heterocycles. The van der Waals surface area contributed by atoms with Gasteiger partial charge in [0.05, 0.1) is 17.1 Å². The van der Waals surface area contributed by atoms with Gasteiger partial charge in [0.2, 0.25) is 5.89 Å². The summed E-state index contributed by atoms with van der Waals surface area (Å²) in [5.41, 5.74) is 0.321. The van der Waals surface area contributed by atoms with Crippen molar-refractivity contribution in [3.05, 3.63) is 41.8 Å². The summed E-state index contributed by atoms with van der Waals surface area (Å²) in [6.07, 6.45) is -2.96. The Bertz CT molecular complexity index is 504. The summed E-state index contributed by atoms with van der Waals surface area (Å²) in [6, 6.07) is 4.60. The highest BCUT2D eigenvalue weighted by Crippen LogP contribution is 2.30. The van der Waals surface area contributed by atoms with E-state index in [0.717, 1.165) is 12.1 Å². The van der Waals surface area contributed by atoms with Gasteiger partial charge in [0.25, 0.3) is 0 Å². The minimum atomic E-state index is -4.34. The maximum absolute atomic E-state index is 12.3. The molecule has 0 radical (unpaired) electrons. The van der Waals surface area contributed by atoms with Crippen LogP contribution >= 0.6 is 11.6 Å². The minimum absolute atomic E-state index is 0.199. The first kappa shape index (κ1) is 12.0. The van der Waals surface area contributed by atoms with Crippen LogP contribution in [0, 0.1) is 0 Å². The Hall–Kier alpha value is -1.49. The number of rotatable bonds is 2. The summed E-state index contributed by atoms with van der Waals surface area (Å²) in [7, 11) is 0. The molecule has 2 rings (SSSR count). The molecule has 0 N–H and O–H groups in total. The molecule has 17 heavy (non-hydrogen) atoms. The van der Waals surface area contributed by atoms with Crippen LogP contribution < -0.4 is 0 Å². The molecule has 2 aromatic rings. The molecule has 0 aliphatic heterocycles. The number of benzene rings is 1. The maximum atomic E-state index is 12.3. The molecule has 2 nitrogen and oxygen atoms in total. The average Bonchev–Trinajstić information content (AvgIpc) is 2.76. The monoisotopic (exact) mass is 261 g/mol. The number of halogens is 4. The average molecular weight is 262 g/mol. The Morgan fingerprint density at radius 1 is 1.18 bits per heavy atom. The molecule has 1 aromatic carbocycles. The fraction of sp³-hybridized carbons (Fsp3) is 0.182. The molecule has 0 spiro atoms. The fourth-order valence-electron chi connectivity index (χ4n) is 1.30. The fourth-order valence-corrected chi connectivity index (χ4v) is 1.43. The normalized spacial score (nSPS) is 11.8. The number of oxazole rings is 1. The smallest absolute Gasteiger partial charge is 0.416 e. The maximum Gasteiger partial charge on any atom is 0.416 e. The van der Waals surface area contributed by atoms with Crippen LogP contribution in [0.25, 0.3) is 11.5 Å². The number of nitrogens with zero attached hydrogens (tertiary/aromatic N) is 1. The molecule has 0 fully saturated rings. The van der Waals surface area contributed by atoms with E-state index in [0.29, 0.717) is 11.3 Å². The molecule has 0 bridgehead atoms. The third-order valence-electron chi connectivity index (χ3n) is 2.15. The summed E-state index contributed by atoms with van der Waals surface area (Å²) in [6.45, 7) is 0. The van der Waals surface area contributed by atoms with Gasteiger partial charge >= 0.3 is 6.18 Å². The zero-order valence-corrected chi connectivity index (χ0v) is 9.22. The second kappa shape index (κ2) is 4.41. The predicted molar refractivity (Wildman–Crippen MR) is 56.5 cm³/mol. The number of aromatic nitrogens is 1. The van der Waals surface area contributed by atoms with E-state index >= 15 is 0 Å². The van der Waals surface area contributed by atoms with E-state index in [9.17, 15) is 13.2 Å². The van der Waals surface area contributed by atoms with Gasteiger partial charge in [-0.05, 0) is 24.3 Å². The first-order valence-corrected chi connectivity index (χ1v) is 5.22. The van der Waals surface area contributed by atoms with Crippen LogP contribution in [0.15, 0.2) is 34.9 Å². The van der Waals surface area contributed by atoms with Gasteiger partial charge in [-0.25, -0.2) is 4.98 Å². The van der Waals surface area contributed by atoms with E-state index in [2.05, 4.69) is 4.98 Å². The second-order valence-electron chi connectivity index (χ2n) is 3.35. The molecule has 90 valence electrons. The van der Waals surface area contributed by atoms with Crippen molar-refractivity contribution in [1.29, 1.82) is 0 Å². The van der Waals surface area contributed by atoms with Gasteiger partial charge in [0, 0.05) is 5.56 Å². The lowest BCUT2D eigenvalue weighted by Crippen LogP contribution is -2.03. The van der Waals surface area contributed by atoms with Crippen LogP contribution in [0.2, 0.25) is 0 Å². The zero-order chi connectivity index (χ0) is 12.5. The van der Waals surface area contributed by atoms with Crippen LogP contribution in [0.1, 0.15) is 11.3 Å². The van der Waals surface area contributed by atoms with Gasteiger partial charge < -0.3 is 4.42 Å². The number of alkyl halides is 4. The van der Waals surface area contributed by atoms with Crippen LogP contribution in [0.3, 0.4) is 0 Å². The highest BCUT2D eigenvalue weighted by atomic mass is 35.5. The SMILES string of the molecule is FC(F)(F)c1ccc(-c2nc(CCl)co2)cc1. The summed E-state index contributed by atoms with van der Waals surface area (Å²) < 4.78 is 42.1. The van der Waals surface area contributed by atoms with E-state index in [-0.39, 0.29) is 11.8 Å². The van der Waals surface area contributed by atoms with Crippen molar-refractivity contribution >= 4 is 11.6 Å². The van der Waals surface area contributed by atoms with Gasteiger partial charge in [0.15, 0.2) is 0 Å². The van der Waals surface area contributed by atoms with Crippen molar-refractivity contribution in [2.45, 2.75) is 12.1 Å². The molecular formula is C11H7ClF3NO. The highest BCUT2D eigenvalue weighted by Gasteiger charge is 2.30. The Balaban J connectivity index is 2.29. The van der Waals surface area contributed by atoms with Crippen molar-refractivity contribution in [3.8, 4) is 11.5 Å². The van der Waals surface area contributed by atoms with Crippen molar-refractivity contribution in [3.63, 3.8) is 0 Å². The summed E-state index contributed by atoms with van der Waals surface area (Å²) in [5, 5.41) is 0. The quantitative estimate of drug-likeness (QED) is 0.761. The van der Waals surface area contributed by atoms with E-state index in [4.69, 9.17) is 16.0 Å². The standard InChI is InChI=1S/C11H7ClF3NO/c12-5-9-6-17-10(16-9)7-1-3-8(4-2-7)11(13,14)15/h1-4,6H,5H2. The summed E-state index contributed by atoms with van der Waals surface area (Å²) >= 11 is 5.54. The largest absolute Gasteiger partial charge is 0.444 e. The van der Waals surface area contributed by atoms with Gasteiger partial charge in [-0.1, -0.05) is 0 Å². The Morgan fingerprint density at radius 2 is 1.82 bits per heavy atom. The first-order valence-electron chi connectivity index (χ1n) is 4.68. The van der Waals surface area contributed by atoms with E-state index in [1.54, 1.807) is 0 Å². The molecule has 1 heterocycles. The second-order valence-corrected chi connectivity index (χ2v) is 3.62. The van der Waals surface area contributed by atoms with E-state index in [1.165, 1.54) is 18.4 Å². The van der Waals surface area contributed by atoms with Crippen LogP contribution in [0.5, 0.6) is 0 Å². The molecule has 6 heteroatoms. The predicted octanol–water partition coefficient (Wildman–Crippen LogP) is 4.10. The lowest BCUT2D eigenvalue weighted by molar-refractivity contribution is -0.137. The third kappa shape index (κ3) is 2.61. The van der Waals surface area contributed by atoms with Gasteiger partial charge in [-0.3, -0.25) is 0 Å². The number of hydrogen-bond donors (Lipinski definition) is 0. The first-order chi connectivity index (χ1) is 8.00. The molecule has 0 atom stereocenters. The zero-order valence-electron chi connectivity index (χ0n) is 8.46. The lowest BCUT2D eigenvalue weighted by atomic mass is 10.1. The lowest BCUT2D eigenvalue weighted by Gasteiger charge is -2.05. The third-order valence-corrected chi connectivity index (χ3v) is 2.42. The number of hydrogen-bond acceptors (Lipinski definition) is 2. The van der Waals surface area contributed by atoms with Gasteiger partial charge in [-0.15, -0.1) is 11.6 Å². The minimum Gasteiger partial charge on any atom is -0.444 e. The van der Waals surface area contributed by atoms with Crippen LogP contribution in [-0.2, 0) is 12.1 Å². The Labute approximate surface area is 100 Å². The molecule has 0 aliphatic carbocycles. The van der Waals surface area contributed by atoms with Gasteiger partial charge in [0.1, 0.15) is 6.26 Å². The van der Waals surface area contributed by atoms with Crippen LogP contribution in [-0.4, -0.2) is 4.98 Å². The van der Waals surface area contributed by atoms with E-state index in [1.807, 2.05) is 0 Å². The highest BCUT2D eigenvalue weighted by molar-refractivity contribution is 6.16. The molecule has 0 saturated carbocycles. The van der Waals surface area contributed by atoms with Crippen molar-refractivity contribution in [2.75, 3.05) is 0 Å². The van der Waals surface area contributed by atoms with E-state index < -0.39 is 11.7 Å². The topological polar surface area (TPSA) is 26.0 Å². The molecular weight excluding hydrogens is 255 g/mol. The summed E-state index contributed by atoms with van der Waals surface area (Å²) in [5.74, 6) is 0.457. The Morgan fingerprint density at radius 3 is 2.29 bits per heavy atom. The van der Waals surface area contributed by atoms with Crippen molar-refractivity contribution < 1.29 is 17.6 Å². The summed E-state index contributed by atoms with van der Waals surface area (Å²) in [4.78, 5) is 4.01.